The van der Waals surface area contributed by atoms with Crippen molar-refractivity contribution in [2.24, 2.45) is 0 Å². The van der Waals surface area contributed by atoms with Gasteiger partial charge in [-0.15, -0.1) is 12.4 Å². The molecule has 0 aliphatic rings. The van der Waals surface area contributed by atoms with Gasteiger partial charge in [0.1, 0.15) is 6.54 Å². The Morgan fingerprint density at radius 1 is 1.08 bits per heavy atom. The molecule has 12 heavy (non-hydrogen) atoms. The van der Waals surface area contributed by atoms with Crippen LogP contribution in [0.25, 0.3) is 0 Å². The van der Waals surface area contributed by atoms with Crippen LogP contribution in [0.4, 0.5) is 0 Å². The number of aromatic nitrogens is 1. The minimum Gasteiger partial charge on any atom is -0.205 e. The average Bonchev–Trinajstić information content (AvgIpc) is 2.03. The molecule has 0 aliphatic carbocycles. The summed E-state index contributed by atoms with van der Waals surface area (Å²) in [6.45, 7) is 3.36. The van der Waals surface area contributed by atoms with E-state index in [1.165, 1.54) is 12.8 Å². The van der Waals surface area contributed by atoms with Crippen molar-refractivity contribution in [1.29, 1.82) is 0 Å². The van der Waals surface area contributed by atoms with Crippen molar-refractivity contribution in [3.05, 3.63) is 30.6 Å². The molecule has 0 radical (unpaired) electrons. The van der Waals surface area contributed by atoms with E-state index in [9.17, 15) is 0 Å². The second-order valence-corrected chi connectivity index (χ2v) is 2.47. The summed E-state index contributed by atoms with van der Waals surface area (Å²) in [6, 6.07) is 6.17. The third kappa shape index (κ3) is 5.60. The zero-order valence-corrected chi connectivity index (χ0v) is 7.68. The molecule has 0 saturated carbocycles. The fourth-order valence-electron chi connectivity index (χ4n) is 0.924. The topological polar surface area (TPSA) is 3.88 Å². The van der Waals surface area contributed by atoms with Gasteiger partial charge in [0.05, 0.1) is 0 Å². The summed E-state index contributed by atoms with van der Waals surface area (Å²) in [5.41, 5.74) is 0. The van der Waals surface area contributed by atoms with Crippen LogP contribution >= 0.6 is 12.4 Å². The van der Waals surface area contributed by atoms with E-state index in [1.54, 1.807) is 0 Å². The maximum absolute atomic E-state index is 2.21. The number of hydrogen-bond acceptors (Lipinski definition) is 0. The van der Waals surface area contributed by atoms with Crippen LogP contribution in [-0.4, -0.2) is 17.4 Å². The second-order valence-electron chi connectivity index (χ2n) is 2.47. The summed E-state index contributed by atoms with van der Waals surface area (Å²) in [7, 11) is 0. The van der Waals surface area contributed by atoms with Crippen molar-refractivity contribution < 1.29 is 4.57 Å². The first kappa shape index (κ1) is 14.5. The lowest BCUT2D eigenvalue weighted by Gasteiger charge is -1.91. The third-order valence-corrected chi connectivity index (χ3v) is 1.55. The van der Waals surface area contributed by atoms with Gasteiger partial charge in [-0.25, -0.2) is 4.57 Å². The monoisotopic (exact) mass is 202 g/mol. The molecule has 0 spiro atoms. The summed E-state index contributed by atoms with van der Waals surface area (Å²) in [6.07, 6.45) is 6.75. The van der Waals surface area contributed by atoms with Crippen molar-refractivity contribution in [2.45, 2.75) is 26.3 Å². The highest BCUT2D eigenvalue weighted by atomic mass is 35.5. The molecule has 0 saturated heterocycles. The minimum absolute atomic E-state index is 0. The number of aryl methyl sites for hydroxylation is 1. The first-order valence-electron chi connectivity index (χ1n) is 3.87. The van der Waals surface area contributed by atoms with Crippen molar-refractivity contribution in [3.8, 4) is 0 Å². The Morgan fingerprint density at radius 3 is 2.17 bits per heavy atom. The number of hydrogen-bond donors (Lipinski definition) is 0. The van der Waals surface area contributed by atoms with Gasteiger partial charge in [-0.1, -0.05) is 19.4 Å². The molecule has 0 N–H and O–H groups in total. The van der Waals surface area contributed by atoms with E-state index < -0.39 is 0 Å². The Bertz CT molecular complexity index is 179. The smallest absolute Gasteiger partial charge is 0.187 e. The predicted octanol–water partition coefficient (Wildman–Crippen LogP) is 1.01. The lowest BCUT2D eigenvalue weighted by Crippen LogP contribution is -2.31. The average molecular weight is 203 g/mol. The summed E-state index contributed by atoms with van der Waals surface area (Å²) in [5, 5.41) is 0. The molecule has 1 aromatic rings. The predicted molar refractivity (Wildman–Crippen MR) is 58.7 cm³/mol. The molecule has 1 aromatic heterocycles. The maximum Gasteiger partial charge on any atom is 0.187 e. The molecule has 3 heteroatoms. The van der Waals surface area contributed by atoms with Gasteiger partial charge < -0.3 is 0 Å². The van der Waals surface area contributed by atoms with Gasteiger partial charge in [-0.05, 0) is 0 Å². The van der Waals surface area contributed by atoms with Gasteiger partial charge in [0, 0.05) is 18.6 Å². The molecule has 0 unspecified atom stereocenters. The SMILES string of the molecule is CCCC[n+]1ccccc1.Cl.[AlH3]. The number of pyridine rings is 1. The van der Waals surface area contributed by atoms with Crippen LogP contribution in [0, 0.1) is 0 Å². The minimum atomic E-state index is 0. The Morgan fingerprint density at radius 2 is 1.67 bits per heavy atom. The zero-order chi connectivity index (χ0) is 7.23. The quantitative estimate of drug-likeness (QED) is 0.509. The van der Waals surface area contributed by atoms with Crippen LogP contribution in [0.15, 0.2) is 30.6 Å². The highest BCUT2D eigenvalue weighted by molar-refractivity contribution is 5.85. The Labute approximate surface area is 91.3 Å². The lowest BCUT2D eigenvalue weighted by atomic mass is 10.3. The molecule has 1 heterocycles. The molecule has 0 atom stereocenters. The summed E-state index contributed by atoms with van der Waals surface area (Å²) >= 11 is 0. The summed E-state index contributed by atoms with van der Waals surface area (Å²) < 4.78 is 2.21. The number of rotatable bonds is 3. The Balaban J connectivity index is 0. The van der Waals surface area contributed by atoms with Gasteiger partial charge in [-0.3, -0.25) is 0 Å². The molecule has 1 nitrogen and oxygen atoms in total. The zero-order valence-electron chi connectivity index (χ0n) is 6.86. The standard InChI is InChI=1S/C9H14N.Al.ClH.3H/c1-2-3-7-10-8-5-4-6-9-10;;;;;/h4-6,8-9H,2-3,7H2,1H3;;1H;;;/q+1;;;;;. The number of nitrogens with zero attached hydrogens (tertiary/aromatic N) is 1. The van der Waals surface area contributed by atoms with E-state index in [0.717, 1.165) is 6.54 Å². The Hall–Kier alpha value is -0.0275. The van der Waals surface area contributed by atoms with Crippen LogP contribution in [0.5, 0.6) is 0 Å². The van der Waals surface area contributed by atoms with Crippen molar-refractivity contribution >= 4 is 29.8 Å². The molecular weight excluding hydrogens is 185 g/mol. The fourth-order valence-corrected chi connectivity index (χ4v) is 0.924. The van der Waals surface area contributed by atoms with E-state index >= 15 is 0 Å². The number of unbranched alkanes of at least 4 members (excludes halogenated alkanes) is 1. The fraction of sp³-hybridized carbons (Fsp3) is 0.444. The van der Waals surface area contributed by atoms with E-state index in [4.69, 9.17) is 0 Å². The van der Waals surface area contributed by atoms with Gasteiger partial charge >= 0.3 is 0 Å². The first-order chi connectivity index (χ1) is 4.93. The van der Waals surface area contributed by atoms with Crippen LogP contribution < -0.4 is 4.57 Å². The first-order valence-corrected chi connectivity index (χ1v) is 3.87. The highest BCUT2D eigenvalue weighted by Gasteiger charge is 1.93. The molecule has 0 bridgehead atoms. The number of halogens is 1. The largest absolute Gasteiger partial charge is 0.205 e. The van der Waals surface area contributed by atoms with Crippen LogP contribution in [0.3, 0.4) is 0 Å². The van der Waals surface area contributed by atoms with Crippen LogP contribution in [0.2, 0.25) is 0 Å². The van der Waals surface area contributed by atoms with E-state index in [-0.39, 0.29) is 29.8 Å². The molecule has 0 aliphatic heterocycles. The molecule has 0 amide bonds. The van der Waals surface area contributed by atoms with Gasteiger partial charge in [0.25, 0.3) is 0 Å². The summed E-state index contributed by atoms with van der Waals surface area (Å²) in [4.78, 5) is 0. The third-order valence-electron chi connectivity index (χ3n) is 1.55. The molecule has 1 rings (SSSR count). The molecule has 0 fully saturated rings. The van der Waals surface area contributed by atoms with Crippen molar-refractivity contribution in [3.63, 3.8) is 0 Å². The molecular formula is C9H18AlClN+. The van der Waals surface area contributed by atoms with Crippen molar-refractivity contribution in [1.82, 2.24) is 0 Å². The van der Waals surface area contributed by atoms with Crippen LogP contribution in [-0.2, 0) is 6.54 Å². The van der Waals surface area contributed by atoms with E-state index in [1.807, 2.05) is 6.07 Å². The van der Waals surface area contributed by atoms with Gasteiger partial charge in [0.15, 0.2) is 29.8 Å². The van der Waals surface area contributed by atoms with E-state index in [2.05, 4.69) is 36.0 Å². The van der Waals surface area contributed by atoms with Crippen LogP contribution in [0.1, 0.15) is 19.8 Å². The second kappa shape index (κ2) is 9.06. The molecule has 68 valence electrons. The van der Waals surface area contributed by atoms with Gasteiger partial charge in [-0.2, -0.15) is 0 Å². The normalized spacial score (nSPS) is 8.08. The van der Waals surface area contributed by atoms with Crippen molar-refractivity contribution in [2.75, 3.05) is 0 Å². The maximum atomic E-state index is 2.21. The molecule has 0 aromatic carbocycles. The summed E-state index contributed by atoms with van der Waals surface area (Å²) in [5.74, 6) is 0. The lowest BCUT2D eigenvalue weighted by molar-refractivity contribution is -0.697. The van der Waals surface area contributed by atoms with E-state index in [0.29, 0.717) is 0 Å². The van der Waals surface area contributed by atoms with Gasteiger partial charge in [0.2, 0.25) is 0 Å². The Kier molecular flexibility index (Phi) is 10.9. The highest BCUT2D eigenvalue weighted by Crippen LogP contribution is 1.85.